The summed E-state index contributed by atoms with van der Waals surface area (Å²) in [5.41, 5.74) is 0. The Morgan fingerprint density at radius 2 is 2.36 bits per heavy atom. The molecule has 1 N–H and O–H groups in total. The van der Waals surface area contributed by atoms with Gasteiger partial charge in [-0.1, -0.05) is 0 Å². The van der Waals surface area contributed by atoms with Gasteiger partial charge in [-0.3, -0.25) is 4.79 Å². The number of likely N-dealkylation sites (N-methyl/N-ethyl adjacent to an activating group) is 1. The molecule has 62 valence electrons. The molecule has 0 saturated carbocycles. The van der Waals surface area contributed by atoms with Crippen molar-refractivity contribution in [2.75, 3.05) is 20.6 Å². The first-order valence-electron chi connectivity index (χ1n) is 3.16. The van der Waals surface area contributed by atoms with Crippen molar-refractivity contribution >= 4 is 12.7 Å². The van der Waals surface area contributed by atoms with E-state index in [2.05, 4.69) is 6.72 Å². The van der Waals surface area contributed by atoms with Crippen LogP contribution in [0.2, 0.25) is 0 Å². The minimum absolute atomic E-state index is 0.00431. The van der Waals surface area contributed by atoms with Crippen LogP contribution in [0.4, 0.5) is 0 Å². The van der Waals surface area contributed by atoms with Gasteiger partial charge in [-0.2, -0.15) is 0 Å². The van der Waals surface area contributed by atoms with Crippen LogP contribution in [0.5, 0.6) is 0 Å². The summed E-state index contributed by atoms with van der Waals surface area (Å²) >= 11 is 0. The molecule has 0 aromatic carbocycles. The van der Waals surface area contributed by atoms with Gasteiger partial charge < -0.3 is 10.0 Å². The van der Waals surface area contributed by atoms with E-state index in [4.69, 9.17) is 5.11 Å². The quantitative estimate of drug-likeness (QED) is 0.454. The van der Waals surface area contributed by atoms with E-state index in [-0.39, 0.29) is 6.54 Å². The van der Waals surface area contributed by atoms with E-state index in [0.717, 1.165) is 0 Å². The summed E-state index contributed by atoms with van der Waals surface area (Å²) in [6.45, 7) is 3.57. The van der Waals surface area contributed by atoms with Crippen LogP contribution in [0.3, 0.4) is 0 Å². The van der Waals surface area contributed by atoms with Crippen molar-refractivity contribution in [2.24, 2.45) is 0 Å². The molecule has 0 saturated heterocycles. The van der Waals surface area contributed by atoms with Crippen LogP contribution in [-0.4, -0.2) is 47.9 Å². The van der Waals surface area contributed by atoms with Crippen LogP contribution >= 0.6 is 0 Å². The molecule has 0 radical (unpaired) electrons. The van der Waals surface area contributed by atoms with E-state index in [0.29, 0.717) is 0 Å². The van der Waals surface area contributed by atoms with E-state index < -0.39 is 5.97 Å². The molecule has 0 atom stereocenters. The van der Waals surface area contributed by atoms with Gasteiger partial charge in [-0.05, 0) is 0 Å². The Kier molecular flexibility index (Phi) is 3.95. The van der Waals surface area contributed by atoms with Gasteiger partial charge in [0.1, 0.15) is 20.3 Å². The number of carboxylic acids is 1. The third-order valence-corrected chi connectivity index (χ3v) is 0.960. The molecule has 11 heavy (non-hydrogen) atoms. The molecule has 0 heterocycles. The average molecular weight is 157 g/mol. The zero-order valence-corrected chi connectivity index (χ0v) is 6.82. The minimum Gasteiger partial charge on any atom is -0.480 e. The Morgan fingerprint density at radius 3 is 2.73 bits per heavy atom. The lowest BCUT2D eigenvalue weighted by atomic mass is 10.6. The molecule has 0 amide bonds. The van der Waals surface area contributed by atoms with E-state index in [1.54, 1.807) is 36.0 Å². The molecular formula is C7H13N2O2+. The summed E-state index contributed by atoms with van der Waals surface area (Å²) in [5.74, 6) is -0.844. The molecule has 0 fully saturated rings. The smallest absolute Gasteiger partial charge is 0.323 e. The molecule has 4 heteroatoms. The number of carbonyl (C=O) groups is 1. The molecule has 0 aliphatic carbocycles. The molecule has 4 nitrogen and oxygen atoms in total. The second kappa shape index (κ2) is 4.49. The summed E-state index contributed by atoms with van der Waals surface area (Å²) in [6, 6.07) is 0. The SMILES string of the molecule is C=[N+](C)/C=C\N(C)CC(=O)O. The van der Waals surface area contributed by atoms with Crippen LogP contribution in [-0.2, 0) is 4.79 Å². The third-order valence-electron chi connectivity index (χ3n) is 0.960. The summed E-state index contributed by atoms with van der Waals surface area (Å²) in [5, 5.41) is 8.34. The normalized spacial score (nSPS) is 10.0. The Morgan fingerprint density at radius 1 is 1.82 bits per heavy atom. The lowest BCUT2D eigenvalue weighted by Crippen LogP contribution is -2.20. The van der Waals surface area contributed by atoms with Crippen molar-refractivity contribution in [1.29, 1.82) is 0 Å². The average Bonchev–Trinajstić information content (AvgIpc) is 1.82. The first-order valence-corrected chi connectivity index (χ1v) is 3.16. The van der Waals surface area contributed by atoms with Crippen LogP contribution in [0.15, 0.2) is 12.4 Å². The van der Waals surface area contributed by atoms with E-state index >= 15 is 0 Å². The maximum absolute atomic E-state index is 10.1. The molecule has 0 aliphatic rings. The second-order valence-corrected chi connectivity index (χ2v) is 2.36. The fourth-order valence-electron chi connectivity index (χ4n) is 0.494. The largest absolute Gasteiger partial charge is 0.480 e. The fraction of sp³-hybridized carbons (Fsp3) is 0.429. The Balaban J connectivity index is 3.77. The van der Waals surface area contributed by atoms with Gasteiger partial charge >= 0.3 is 5.97 Å². The standard InChI is InChI=1S/C7H12N2O2/c1-8(2)4-5-9(3)6-7(10)11/h4-5H,1,6H2,2-3H3/p+1/b5-4-. The van der Waals surface area contributed by atoms with Crippen molar-refractivity contribution in [2.45, 2.75) is 0 Å². The number of nitrogens with zero attached hydrogens (tertiary/aromatic N) is 2. The highest BCUT2D eigenvalue weighted by Gasteiger charge is 1.98. The first-order chi connectivity index (χ1) is 5.02. The lowest BCUT2D eigenvalue weighted by Gasteiger charge is -2.07. The molecule has 0 aromatic heterocycles. The van der Waals surface area contributed by atoms with Gasteiger partial charge in [0.25, 0.3) is 0 Å². The fourth-order valence-corrected chi connectivity index (χ4v) is 0.494. The van der Waals surface area contributed by atoms with Crippen molar-refractivity contribution in [3.63, 3.8) is 0 Å². The maximum Gasteiger partial charge on any atom is 0.323 e. The van der Waals surface area contributed by atoms with Crippen LogP contribution < -0.4 is 0 Å². The summed E-state index contributed by atoms with van der Waals surface area (Å²) in [7, 11) is 3.46. The van der Waals surface area contributed by atoms with Crippen molar-refractivity contribution in [1.82, 2.24) is 4.90 Å². The molecule has 0 unspecified atom stereocenters. The highest BCUT2D eigenvalue weighted by molar-refractivity contribution is 5.69. The van der Waals surface area contributed by atoms with E-state index in [1.165, 1.54) is 0 Å². The van der Waals surface area contributed by atoms with Gasteiger partial charge in [0, 0.05) is 7.05 Å². The van der Waals surface area contributed by atoms with E-state index in [1.807, 2.05) is 0 Å². The Bertz CT molecular complexity index is 187. The topological polar surface area (TPSA) is 43.5 Å². The Hall–Kier alpha value is -1.32. The van der Waals surface area contributed by atoms with Crippen LogP contribution in [0, 0.1) is 0 Å². The third kappa shape index (κ3) is 6.57. The molecule has 0 bridgehead atoms. The van der Waals surface area contributed by atoms with Crippen molar-refractivity contribution < 1.29 is 14.5 Å². The monoisotopic (exact) mass is 157 g/mol. The molecule has 0 spiro atoms. The van der Waals surface area contributed by atoms with Crippen molar-refractivity contribution in [3.05, 3.63) is 12.4 Å². The Labute approximate surface area is 66.1 Å². The molecular weight excluding hydrogens is 144 g/mol. The number of hydrogen-bond donors (Lipinski definition) is 1. The highest BCUT2D eigenvalue weighted by atomic mass is 16.4. The number of hydrogen-bond acceptors (Lipinski definition) is 2. The van der Waals surface area contributed by atoms with E-state index in [9.17, 15) is 4.79 Å². The summed E-state index contributed by atoms with van der Waals surface area (Å²) in [4.78, 5) is 11.7. The van der Waals surface area contributed by atoms with Crippen LogP contribution in [0.1, 0.15) is 0 Å². The predicted molar refractivity (Wildman–Crippen MR) is 42.7 cm³/mol. The summed E-state index contributed by atoms with van der Waals surface area (Å²) < 4.78 is 1.60. The highest BCUT2D eigenvalue weighted by Crippen LogP contribution is 1.83. The number of carboxylic acid groups (broad SMARTS) is 1. The predicted octanol–water partition coefficient (Wildman–Crippen LogP) is -0.183. The van der Waals surface area contributed by atoms with Crippen LogP contribution in [0.25, 0.3) is 0 Å². The summed E-state index contributed by atoms with van der Waals surface area (Å²) in [6.07, 6.45) is 3.34. The zero-order chi connectivity index (χ0) is 8.85. The molecule has 0 aliphatic heterocycles. The van der Waals surface area contributed by atoms with Gasteiger partial charge in [0.15, 0.2) is 6.20 Å². The zero-order valence-electron chi connectivity index (χ0n) is 6.82. The maximum atomic E-state index is 10.1. The number of aliphatic carboxylic acids is 1. The van der Waals surface area contributed by atoms with Gasteiger partial charge in [-0.15, -0.1) is 0 Å². The second-order valence-electron chi connectivity index (χ2n) is 2.36. The first kappa shape index (κ1) is 9.68. The van der Waals surface area contributed by atoms with Gasteiger partial charge in [0.05, 0.1) is 6.20 Å². The van der Waals surface area contributed by atoms with Crippen molar-refractivity contribution in [3.8, 4) is 0 Å². The van der Waals surface area contributed by atoms with Gasteiger partial charge in [-0.25, -0.2) is 4.58 Å². The number of rotatable bonds is 4. The molecule has 0 aromatic rings. The molecule has 0 rings (SSSR count). The van der Waals surface area contributed by atoms with Gasteiger partial charge in [0.2, 0.25) is 0 Å². The lowest BCUT2D eigenvalue weighted by molar-refractivity contribution is -0.412. The minimum atomic E-state index is -0.844.